The predicted molar refractivity (Wildman–Crippen MR) is 85.4 cm³/mol. The van der Waals surface area contributed by atoms with E-state index in [1.807, 2.05) is 30.5 Å². The third-order valence-electron chi connectivity index (χ3n) is 3.23. The Hall–Kier alpha value is -1.62. The number of nitrogens with one attached hydrogen (secondary N) is 1. The monoisotopic (exact) mass is 305 g/mol. The van der Waals surface area contributed by atoms with Crippen molar-refractivity contribution in [2.75, 3.05) is 6.61 Å². The first-order valence-electron chi connectivity index (χ1n) is 6.99. The number of hydrogen-bond donors (Lipinski definition) is 2. The van der Waals surface area contributed by atoms with Gasteiger partial charge in [0.25, 0.3) is 0 Å². The highest BCUT2D eigenvalue weighted by atomic mass is 35.5. The van der Waals surface area contributed by atoms with Crippen molar-refractivity contribution in [1.82, 2.24) is 10.4 Å². The van der Waals surface area contributed by atoms with E-state index in [1.165, 1.54) is 5.56 Å². The Balaban J connectivity index is 1.90. The van der Waals surface area contributed by atoms with Gasteiger partial charge in [-0.15, -0.1) is 0 Å². The minimum absolute atomic E-state index is 0.0102. The van der Waals surface area contributed by atoms with Gasteiger partial charge in [-0.25, -0.2) is 0 Å². The van der Waals surface area contributed by atoms with Crippen LogP contribution in [0.3, 0.4) is 0 Å². The second-order valence-electron chi connectivity index (χ2n) is 4.85. The number of hydrazine groups is 1. The Morgan fingerprint density at radius 3 is 2.81 bits per heavy atom. The van der Waals surface area contributed by atoms with Crippen molar-refractivity contribution >= 4 is 11.6 Å². The lowest BCUT2D eigenvalue weighted by molar-refractivity contribution is 0.263. The maximum Gasteiger partial charge on any atom is 0.120 e. The van der Waals surface area contributed by atoms with Gasteiger partial charge in [0.15, 0.2) is 0 Å². The van der Waals surface area contributed by atoms with Gasteiger partial charge in [-0.1, -0.05) is 30.7 Å². The van der Waals surface area contributed by atoms with Crippen molar-refractivity contribution in [1.29, 1.82) is 0 Å². The van der Waals surface area contributed by atoms with Crippen molar-refractivity contribution in [2.45, 2.75) is 25.8 Å². The van der Waals surface area contributed by atoms with Crippen LogP contribution in [0.4, 0.5) is 0 Å². The van der Waals surface area contributed by atoms with Crippen LogP contribution in [-0.2, 0) is 12.8 Å². The first-order chi connectivity index (χ1) is 10.2. The molecule has 21 heavy (non-hydrogen) atoms. The topological polar surface area (TPSA) is 60.2 Å². The zero-order chi connectivity index (χ0) is 15.1. The number of rotatable bonds is 7. The average Bonchev–Trinajstić information content (AvgIpc) is 2.52. The molecule has 0 spiro atoms. The highest BCUT2D eigenvalue weighted by molar-refractivity contribution is 6.30. The van der Waals surface area contributed by atoms with Crippen molar-refractivity contribution < 1.29 is 4.74 Å². The van der Waals surface area contributed by atoms with E-state index in [0.717, 1.165) is 17.9 Å². The Bertz CT molecular complexity index is 560. The standard InChI is InChI=1S/C16H20ClN3O/c1-2-12-6-7-14(19-10-12)9-15(20-18)11-21-16-5-3-4-13(17)8-16/h3-8,10,15,20H,2,9,11,18H2,1H3. The lowest BCUT2D eigenvalue weighted by Gasteiger charge is -2.16. The van der Waals surface area contributed by atoms with Gasteiger partial charge < -0.3 is 4.74 Å². The SMILES string of the molecule is CCc1ccc(CC(COc2cccc(Cl)c2)NN)nc1. The molecule has 2 aromatic rings. The highest BCUT2D eigenvalue weighted by Gasteiger charge is 2.10. The Labute approximate surface area is 130 Å². The summed E-state index contributed by atoms with van der Waals surface area (Å²) in [6.45, 7) is 2.56. The van der Waals surface area contributed by atoms with Crippen LogP contribution in [0.25, 0.3) is 0 Å². The molecule has 1 aromatic carbocycles. The Morgan fingerprint density at radius 1 is 1.33 bits per heavy atom. The maximum absolute atomic E-state index is 5.92. The molecule has 5 heteroatoms. The minimum Gasteiger partial charge on any atom is -0.492 e. The number of nitrogens with zero attached hydrogens (tertiary/aromatic N) is 1. The zero-order valence-corrected chi connectivity index (χ0v) is 12.8. The molecule has 1 unspecified atom stereocenters. The van der Waals surface area contributed by atoms with Crippen LogP contribution in [0.2, 0.25) is 5.02 Å². The Kier molecular flexibility index (Phi) is 5.99. The van der Waals surface area contributed by atoms with Gasteiger partial charge in [-0.05, 0) is 36.2 Å². The molecular weight excluding hydrogens is 286 g/mol. The number of aromatic nitrogens is 1. The van der Waals surface area contributed by atoms with Gasteiger partial charge in [0.05, 0.1) is 6.04 Å². The molecule has 3 N–H and O–H groups in total. The van der Waals surface area contributed by atoms with Gasteiger partial charge in [0.1, 0.15) is 12.4 Å². The molecule has 0 amide bonds. The quantitative estimate of drug-likeness (QED) is 0.610. The van der Waals surface area contributed by atoms with E-state index in [0.29, 0.717) is 18.1 Å². The lowest BCUT2D eigenvalue weighted by Crippen LogP contribution is -2.41. The van der Waals surface area contributed by atoms with Gasteiger partial charge in [0.2, 0.25) is 0 Å². The molecule has 1 atom stereocenters. The van der Waals surface area contributed by atoms with Crippen LogP contribution >= 0.6 is 11.6 Å². The fourth-order valence-electron chi connectivity index (χ4n) is 1.96. The van der Waals surface area contributed by atoms with Crippen LogP contribution in [0.1, 0.15) is 18.2 Å². The summed E-state index contributed by atoms with van der Waals surface area (Å²) < 4.78 is 5.70. The summed E-state index contributed by atoms with van der Waals surface area (Å²) in [5, 5.41) is 0.654. The summed E-state index contributed by atoms with van der Waals surface area (Å²) in [7, 11) is 0. The van der Waals surface area contributed by atoms with E-state index >= 15 is 0 Å². The Morgan fingerprint density at radius 2 is 2.19 bits per heavy atom. The predicted octanol–water partition coefficient (Wildman–Crippen LogP) is 2.75. The third kappa shape index (κ3) is 5.01. The molecule has 4 nitrogen and oxygen atoms in total. The largest absolute Gasteiger partial charge is 0.492 e. The van der Waals surface area contributed by atoms with E-state index in [4.69, 9.17) is 22.2 Å². The highest BCUT2D eigenvalue weighted by Crippen LogP contribution is 2.17. The molecule has 0 fully saturated rings. The van der Waals surface area contributed by atoms with Gasteiger partial charge >= 0.3 is 0 Å². The normalized spacial score (nSPS) is 12.1. The van der Waals surface area contributed by atoms with Gasteiger partial charge in [0, 0.05) is 23.3 Å². The molecule has 0 radical (unpaired) electrons. The van der Waals surface area contributed by atoms with Crippen LogP contribution in [-0.4, -0.2) is 17.6 Å². The number of halogens is 1. The van der Waals surface area contributed by atoms with Gasteiger partial charge in [-0.2, -0.15) is 0 Å². The van der Waals surface area contributed by atoms with Crippen molar-refractivity contribution in [3.05, 3.63) is 58.9 Å². The van der Waals surface area contributed by atoms with E-state index in [2.05, 4.69) is 23.4 Å². The summed E-state index contributed by atoms with van der Waals surface area (Å²) in [6, 6.07) is 11.4. The molecule has 1 aromatic heterocycles. The zero-order valence-electron chi connectivity index (χ0n) is 12.1. The van der Waals surface area contributed by atoms with Crippen molar-refractivity contribution in [3.8, 4) is 5.75 Å². The average molecular weight is 306 g/mol. The second-order valence-corrected chi connectivity index (χ2v) is 5.28. The molecule has 2 rings (SSSR count). The third-order valence-corrected chi connectivity index (χ3v) is 3.47. The van der Waals surface area contributed by atoms with Crippen LogP contribution < -0.4 is 16.0 Å². The summed E-state index contributed by atoms with van der Waals surface area (Å²) in [5.41, 5.74) is 4.98. The number of pyridine rings is 1. The first kappa shape index (κ1) is 15.8. The summed E-state index contributed by atoms with van der Waals surface area (Å²) in [5.74, 6) is 6.32. The molecule has 0 aliphatic rings. The number of aryl methyl sites for hydroxylation is 1. The molecule has 0 saturated carbocycles. The fraction of sp³-hybridized carbons (Fsp3) is 0.312. The second kappa shape index (κ2) is 7.98. The van der Waals surface area contributed by atoms with Crippen LogP contribution in [0, 0.1) is 0 Å². The molecule has 0 aliphatic heterocycles. The van der Waals surface area contributed by atoms with E-state index < -0.39 is 0 Å². The smallest absolute Gasteiger partial charge is 0.120 e. The van der Waals surface area contributed by atoms with E-state index in [1.54, 1.807) is 6.07 Å². The van der Waals surface area contributed by atoms with Crippen molar-refractivity contribution in [2.24, 2.45) is 5.84 Å². The summed E-state index contributed by atoms with van der Waals surface area (Å²) in [4.78, 5) is 4.43. The van der Waals surface area contributed by atoms with E-state index in [9.17, 15) is 0 Å². The summed E-state index contributed by atoms with van der Waals surface area (Å²) >= 11 is 5.92. The molecule has 112 valence electrons. The fourth-order valence-corrected chi connectivity index (χ4v) is 2.14. The first-order valence-corrected chi connectivity index (χ1v) is 7.37. The molecular formula is C16H20ClN3O. The van der Waals surface area contributed by atoms with E-state index in [-0.39, 0.29) is 6.04 Å². The molecule has 0 saturated heterocycles. The molecule has 0 aliphatic carbocycles. The number of hydrogen-bond acceptors (Lipinski definition) is 4. The van der Waals surface area contributed by atoms with Crippen molar-refractivity contribution in [3.63, 3.8) is 0 Å². The summed E-state index contributed by atoms with van der Waals surface area (Å²) in [6.07, 6.45) is 3.60. The minimum atomic E-state index is -0.0102. The number of nitrogens with two attached hydrogens (primary N) is 1. The van der Waals surface area contributed by atoms with Crippen LogP contribution in [0.5, 0.6) is 5.75 Å². The number of benzene rings is 1. The van der Waals surface area contributed by atoms with Gasteiger partial charge in [-0.3, -0.25) is 16.3 Å². The molecule has 1 heterocycles. The van der Waals surface area contributed by atoms with Crippen LogP contribution in [0.15, 0.2) is 42.6 Å². The number of ether oxygens (including phenoxy) is 1. The maximum atomic E-state index is 5.92. The molecule has 0 bridgehead atoms. The lowest BCUT2D eigenvalue weighted by atomic mass is 10.1.